The lowest BCUT2D eigenvalue weighted by Gasteiger charge is -2.07. The van der Waals surface area contributed by atoms with Gasteiger partial charge < -0.3 is 15.2 Å². The molecule has 2 N–H and O–H groups in total. The molecule has 0 radical (unpaired) electrons. The minimum Gasteiger partial charge on any atom is -0.481 e. The van der Waals surface area contributed by atoms with E-state index in [0.29, 0.717) is 19.6 Å². The molecule has 118 valence electrons. The van der Waals surface area contributed by atoms with Crippen LogP contribution in [0.25, 0.3) is 6.08 Å². The number of ether oxygens (including phenoxy) is 1. The van der Waals surface area contributed by atoms with Gasteiger partial charge in [0.15, 0.2) is 0 Å². The first-order valence-corrected chi connectivity index (χ1v) is 7.45. The van der Waals surface area contributed by atoms with Crippen molar-refractivity contribution in [1.29, 1.82) is 0 Å². The van der Waals surface area contributed by atoms with Crippen molar-refractivity contribution in [3.63, 3.8) is 0 Å². The van der Waals surface area contributed by atoms with Crippen molar-refractivity contribution < 1.29 is 19.4 Å². The van der Waals surface area contributed by atoms with Gasteiger partial charge in [-0.15, -0.1) is 0 Å². The Morgan fingerprint density at radius 1 is 1.50 bits per heavy atom. The summed E-state index contributed by atoms with van der Waals surface area (Å²) in [6.45, 7) is 4.55. The normalized spacial score (nSPS) is 17.8. The first-order valence-electron chi connectivity index (χ1n) is 7.45. The van der Waals surface area contributed by atoms with Crippen LogP contribution >= 0.6 is 0 Å². The third kappa shape index (κ3) is 3.87. The number of allylic oxidation sites excluding steroid dienone is 1. The van der Waals surface area contributed by atoms with E-state index in [1.165, 1.54) is 0 Å². The topological polar surface area (TPSA) is 75.6 Å². The number of carboxylic acid groups (broad SMARTS) is 1. The van der Waals surface area contributed by atoms with E-state index in [9.17, 15) is 14.7 Å². The zero-order chi connectivity index (χ0) is 16.1. The zero-order valence-electron chi connectivity index (χ0n) is 12.8. The highest BCUT2D eigenvalue weighted by atomic mass is 16.5. The lowest BCUT2D eigenvalue weighted by Crippen LogP contribution is -2.13. The summed E-state index contributed by atoms with van der Waals surface area (Å²) in [5.41, 5.74) is 2.63. The van der Waals surface area contributed by atoms with E-state index >= 15 is 0 Å². The number of carbonyl (C=O) groups excluding carboxylic acids is 1. The third-order valence-electron chi connectivity index (χ3n) is 3.66. The van der Waals surface area contributed by atoms with E-state index in [4.69, 9.17) is 4.74 Å². The largest absolute Gasteiger partial charge is 0.481 e. The Morgan fingerprint density at radius 2 is 2.27 bits per heavy atom. The van der Waals surface area contributed by atoms with Crippen LogP contribution in [0.15, 0.2) is 24.3 Å². The molecule has 0 aliphatic carbocycles. The van der Waals surface area contributed by atoms with Crippen molar-refractivity contribution in [2.24, 2.45) is 5.92 Å². The van der Waals surface area contributed by atoms with Crippen molar-refractivity contribution in [2.45, 2.75) is 26.2 Å². The number of carboxylic acids is 1. The number of aliphatic carboxylic acids is 1. The van der Waals surface area contributed by atoms with Gasteiger partial charge in [-0.05, 0) is 36.1 Å². The van der Waals surface area contributed by atoms with Gasteiger partial charge >= 0.3 is 11.9 Å². The summed E-state index contributed by atoms with van der Waals surface area (Å²) in [6, 6.07) is 5.72. The van der Waals surface area contributed by atoms with E-state index in [1.54, 1.807) is 6.92 Å². The summed E-state index contributed by atoms with van der Waals surface area (Å²) in [4.78, 5) is 22.6. The molecule has 2 unspecified atom stereocenters. The van der Waals surface area contributed by atoms with Gasteiger partial charge in [-0.2, -0.15) is 0 Å². The second-order valence-electron chi connectivity index (χ2n) is 5.46. The quantitative estimate of drug-likeness (QED) is 0.790. The first kappa shape index (κ1) is 16.1. The highest BCUT2D eigenvalue weighted by molar-refractivity contribution is 5.83. The number of rotatable bonds is 6. The van der Waals surface area contributed by atoms with E-state index < -0.39 is 11.9 Å². The van der Waals surface area contributed by atoms with Crippen LogP contribution in [0.5, 0.6) is 0 Å². The molecule has 0 fully saturated rings. The van der Waals surface area contributed by atoms with Gasteiger partial charge in [0.1, 0.15) is 5.92 Å². The number of carbonyl (C=O) groups is 2. The van der Waals surface area contributed by atoms with Crippen molar-refractivity contribution in [3.05, 3.63) is 35.4 Å². The molecule has 0 bridgehead atoms. The standard InChI is InChI=1S/C17H21NO4/c1-3-22-16(19)8-11(2)4-5-12-6-7-15-13(9-12)14(10-18-15)17(20)21/h4-7,9,11,14,18H,3,8,10H2,1-2H3,(H,20,21). The van der Waals surface area contributed by atoms with Gasteiger partial charge in [-0.3, -0.25) is 9.59 Å². The Labute approximate surface area is 130 Å². The second-order valence-corrected chi connectivity index (χ2v) is 5.46. The van der Waals surface area contributed by atoms with Crippen molar-refractivity contribution in [1.82, 2.24) is 0 Å². The Morgan fingerprint density at radius 3 is 2.95 bits per heavy atom. The number of hydrogen-bond donors (Lipinski definition) is 2. The van der Waals surface area contributed by atoms with Crippen molar-refractivity contribution >= 4 is 23.7 Å². The van der Waals surface area contributed by atoms with E-state index in [1.807, 2.05) is 37.3 Å². The van der Waals surface area contributed by atoms with E-state index in [2.05, 4.69) is 5.32 Å². The van der Waals surface area contributed by atoms with Crippen LogP contribution in [0.2, 0.25) is 0 Å². The predicted molar refractivity (Wildman–Crippen MR) is 84.8 cm³/mol. The molecule has 0 spiro atoms. The third-order valence-corrected chi connectivity index (χ3v) is 3.66. The number of hydrogen-bond acceptors (Lipinski definition) is 4. The van der Waals surface area contributed by atoms with Gasteiger partial charge in [-0.1, -0.05) is 25.1 Å². The first-order chi connectivity index (χ1) is 10.5. The monoisotopic (exact) mass is 303 g/mol. The Hall–Kier alpha value is -2.30. The van der Waals surface area contributed by atoms with Gasteiger partial charge in [-0.25, -0.2) is 0 Å². The maximum atomic E-state index is 11.4. The van der Waals surface area contributed by atoms with Gasteiger partial charge in [0.25, 0.3) is 0 Å². The number of nitrogens with one attached hydrogen (secondary N) is 1. The summed E-state index contributed by atoms with van der Waals surface area (Å²) in [5, 5.41) is 12.3. The molecule has 1 aromatic carbocycles. The smallest absolute Gasteiger partial charge is 0.312 e. The molecular formula is C17H21NO4. The number of esters is 1. The summed E-state index contributed by atoms with van der Waals surface area (Å²) in [7, 11) is 0. The minimum atomic E-state index is -0.817. The highest BCUT2D eigenvalue weighted by Crippen LogP contribution is 2.32. The SMILES string of the molecule is CCOC(=O)CC(C)C=Cc1ccc2c(c1)C(C(=O)O)CN2. The zero-order valence-corrected chi connectivity index (χ0v) is 12.8. The second kappa shape index (κ2) is 7.11. The van der Waals surface area contributed by atoms with Crippen molar-refractivity contribution in [2.75, 3.05) is 18.5 Å². The predicted octanol–water partition coefficient (Wildman–Crippen LogP) is 2.88. The Kier molecular flexibility index (Phi) is 5.20. The molecule has 1 aliphatic heterocycles. The summed E-state index contributed by atoms with van der Waals surface area (Å²) >= 11 is 0. The highest BCUT2D eigenvalue weighted by Gasteiger charge is 2.28. The summed E-state index contributed by atoms with van der Waals surface area (Å²) in [5.74, 6) is -1.45. The molecule has 0 saturated carbocycles. The summed E-state index contributed by atoms with van der Waals surface area (Å²) < 4.78 is 4.92. The fourth-order valence-corrected chi connectivity index (χ4v) is 2.50. The van der Waals surface area contributed by atoms with E-state index in [0.717, 1.165) is 16.8 Å². The lowest BCUT2D eigenvalue weighted by atomic mass is 9.98. The molecule has 2 rings (SSSR count). The molecule has 5 heteroatoms. The molecule has 22 heavy (non-hydrogen) atoms. The Bertz CT molecular complexity index is 594. The molecule has 1 aliphatic rings. The fraction of sp³-hybridized carbons (Fsp3) is 0.412. The van der Waals surface area contributed by atoms with Crippen LogP contribution in [-0.2, 0) is 14.3 Å². The molecule has 0 saturated heterocycles. The number of benzene rings is 1. The van der Waals surface area contributed by atoms with Crippen LogP contribution in [0.3, 0.4) is 0 Å². The van der Waals surface area contributed by atoms with Gasteiger partial charge in [0.2, 0.25) is 0 Å². The molecule has 1 heterocycles. The lowest BCUT2D eigenvalue weighted by molar-refractivity contribution is -0.143. The van der Waals surface area contributed by atoms with Crippen LogP contribution in [-0.4, -0.2) is 30.2 Å². The Balaban J connectivity index is 2.05. The summed E-state index contributed by atoms with van der Waals surface area (Å²) in [6.07, 6.45) is 4.20. The average molecular weight is 303 g/mol. The van der Waals surface area contributed by atoms with Crippen LogP contribution in [0.1, 0.15) is 37.3 Å². The van der Waals surface area contributed by atoms with Crippen LogP contribution in [0.4, 0.5) is 5.69 Å². The average Bonchev–Trinajstić information content (AvgIpc) is 2.88. The molecule has 5 nitrogen and oxygen atoms in total. The molecule has 0 amide bonds. The number of anilines is 1. The maximum Gasteiger partial charge on any atom is 0.312 e. The molecule has 2 atom stereocenters. The molecular weight excluding hydrogens is 282 g/mol. The molecule has 1 aromatic rings. The minimum absolute atomic E-state index is 0.0701. The van der Waals surface area contributed by atoms with Gasteiger partial charge in [0.05, 0.1) is 13.0 Å². The fourth-order valence-electron chi connectivity index (χ4n) is 2.50. The van der Waals surface area contributed by atoms with E-state index in [-0.39, 0.29) is 11.9 Å². The van der Waals surface area contributed by atoms with Gasteiger partial charge in [0, 0.05) is 12.2 Å². The van der Waals surface area contributed by atoms with Crippen LogP contribution in [0, 0.1) is 5.92 Å². The maximum absolute atomic E-state index is 11.4. The van der Waals surface area contributed by atoms with Crippen molar-refractivity contribution in [3.8, 4) is 0 Å². The molecule has 0 aromatic heterocycles. The number of fused-ring (bicyclic) bond motifs is 1. The van der Waals surface area contributed by atoms with Crippen LogP contribution < -0.4 is 5.32 Å².